The predicted molar refractivity (Wildman–Crippen MR) is 94.3 cm³/mol. The molecule has 0 N–H and O–H groups in total. The number of carbonyl (C=O) groups excluding carboxylic acids is 1. The van der Waals surface area contributed by atoms with E-state index in [1.807, 2.05) is 18.2 Å². The van der Waals surface area contributed by atoms with Crippen molar-refractivity contribution in [3.8, 4) is 5.75 Å². The first-order chi connectivity index (χ1) is 13.5. The lowest BCUT2D eigenvalue weighted by molar-refractivity contribution is -0.143. The van der Waals surface area contributed by atoms with Crippen molar-refractivity contribution in [1.82, 2.24) is 0 Å². The molecule has 3 aromatic rings. The van der Waals surface area contributed by atoms with Crippen LogP contribution in [0.15, 0.2) is 48.5 Å². The molecule has 0 unspecified atom stereocenters. The number of hydrogen-bond donors (Lipinski definition) is 0. The minimum atomic E-state index is -5.05. The van der Waals surface area contributed by atoms with Crippen LogP contribution in [0.3, 0.4) is 0 Å². The van der Waals surface area contributed by atoms with E-state index in [2.05, 4.69) is 0 Å². The highest BCUT2D eigenvalue weighted by Gasteiger charge is 2.37. The summed E-state index contributed by atoms with van der Waals surface area (Å²) in [7, 11) is 0. The monoisotopic (exact) mass is 408 g/mol. The summed E-state index contributed by atoms with van der Waals surface area (Å²) in [5.41, 5.74) is -2.26. The van der Waals surface area contributed by atoms with Gasteiger partial charge in [0.25, 0.3) is 0 Å². The quantitative estimate of drug-likeness (QED) is 0.213. The smallest absolute Gasteiger partial charge is 0.416 e. The maximum atomic E-state index is 13.0. The summed E-state index contributed by atoms with van der Waals surface area (Å²) >= 11 is 0. The molecule has 0 aliphatic heterocycles. The molecule has 0 spiro atoms. The van der Waals surface area contributed by atoms with Crippen molar-refractivity contribution in [2.45, 2.75) is 12.4 Å². The second kappa shape index (κ2) is 6.37. The Morgan fingerprint density at radius 2 is 1.34 bits per heavy atom. The van der Waals surface area contributed by atoms with Crippen molar-refractivity contribution >= 4 is 28.9 Å². The Labute approximate surface area is 160 Å². The Morgan fingerprint density at radius 3 is 1.93 bits per heavy atom. The van der Waals surface area contributed by atoms with E-state index in [-0.39, 0.29) is 11.8 Å². The lowest BCUT2D eigenvalue weighted by Gasteiger charge is -2.14. The van der Waals surface area contributed by atoms with E-state index in [9.17, 15) is 31.1 Å². The van der Waals surface area contributed by atoms with Gasteiger partial charge >= 0.3 is 18.3 Å². The number of alkyl halides is 6. The number of ether oxygens (including phenoxy) is 1. The summed E-state index contributed by atoms with van der Waals surface area (Å²) in [6.07, 6.45) is -6.40. The zero-order valence-corrected chi connectivity index (χ0v) is 14.4. The molecule has 3 aromatic carbocycles. The van der Waals surface area contributed by atoms with Crippen LogP contribution in [0.2, 0.25) is 0 Å². The van der Waals surface area contributed by atoms with Crippen LogP contribution in [-0.2, 0) is 12.4 Å². The van der Waals surface area contributed by atoms with Gasteiger partial charge in [0.1, 0.15) is 5.75 Å². The molecule has 0 radical (unpaired) electrons. The van der Waals surface area contributed by atoms with E-state index in [0.29, 0.717) is 17.5 Å². The first-order valence-corrected chi connectivity index (χ1v) is 8.29. The summed E-state index contributed by atoms with van der Waals surface area (Å²) in [5.74, 6) is -1.27. The molecule has 148 valence electrons. The van der Waals surface area contributed by atoms with Crippen molar-refractivity contribution in [3.63, 3.8) is 0 Å². The fourth-order valence-corrected chi connectivity index (χ4v) is 3.21. The molecule has 0 bridgehead atoms. The molecule has 2 nitrogen and oxygen atoms in total. The Kier molecular flexibility index (Phi) is 4.18. The number of benzene rings is 3. The van der Waals surface area contributed by atoms with Crippen LogP contribution < -0.4 is 4.74 Å². The van der Waals surface area contributed by atoms with Gasteiger partial charge in [-0.2, -0.15) is 26.3 Å². The van der Waals surface area contributed by atoms with Crippen LogP contribution in [0.1, 0.15) is 32.6 Å². The molecule has 0 fully saturated rings. The van der Waals surface area contributed by atoms with Crippen molar-refractivity contribution in [1.29, 1.82) is 0 Å². The van der Waals surface area contributed by atoms with Crippen LogP contribution >= 0.6 is 0 Å². The average Bonchev–Trinajstić information content (AvgIpc) is 3.07. The van der Waals surface area contributed by atoms with Gasteiger partial charge in [-0.15, -0.1) is 0 Å². The second-order valence-electron chi connectivity index (χ2n) is 6.44. The Morgan fingerprint density at radius 1 is 0.759 bits per heavy atom. The second-order valence-corrected chi connectivity index (χ2v) is 6.44. The fraction of sp³-hybridized carbons (Fsp3) is 0.0952. The van der Waals surface area contributed by atoms with Crippen LogP contribution in [-0.4, -0.2) is 5.97 Å². The highest BCUT2D eigenvalue weighted by molar-refractivity contribution is 6.07. The van der Waals surface area contributed by atoms with E-state index in [4.69, 9.17) is 4.74 Å². The molecule has 0 heterocycles. The normalized spacial score (nSPS) is 13.2. The molecule has 0 saturated heterocycles. The minimum Gasteiger partial charge on any atom is -0.422 e. The molecule has 0 amide bonds. The number of hydrogen-bond acceptors (Lipinski definition) is 2. The maximum Gasteiger partial charge on any atom is 0.416 e. The van der Waals surface area contributed by atoms with Gasteiger partial charge in [-0.1, -0.05) is 36.4 Å². The molecule has 0 saturated carbocycles. The van der Waals surface area contributed by atoms with Crippen molar-refractivity contribution < 1.29 is 35.9 Å². The molecular weight excluding hydrogens is 398 g/mol. The third kappa shape index (κ3) is 3.46. The molecule has 1 aliphatic carbocycles. The molecule has 8 heteroatoms. The summed E-state index contributed by atoms with van der Waals surface area (Å²) in [5, 5.41) is 1.32. The third-order valence-electron chi connectivity index (χ3n) is 4.53. The van der Waals surface area contributed by atoms with Crippen molar-refractivity contribution in [2.75, 3.05) is 0 Å². The Hall–Kier alpha value is -3.29. The van der Waals surface area contributed by atoms with Crippen molar-refractivity contribution in [3.05, 3.63) is 76.3 Å². The summed E-state index contributed by atoms with van der Waals surface area (Å²) in [6.45, 7) is 0. The zero-order valence-electron chi connectivity index (χ0n) is 14.4. The summed E-state index contributed by atoms with van der Waals surface area (Å²) in [4.78, 5) is 12.4. The minimum absolute atomic E-state index is 0.0403. The third-order valence-corrected chi connectivity index (χ3v) is 4.53. The van der Waals surface area contributed by atoms with Crippen LogP contribution in [0.5, 0.6) is 5.75 Å². The van der Waals surface area contributed by atoms with Crippen molar-refractivity contribution in [2.24, 2.45) is 0 Å². The van der Waals surface area contributed by atoms with Gasteiger partial charge in [-0.25, -0.2) is 4.79 Å². The average molecular weight is 408 g/mol. The van der Waals surface area contributed by atoms with E-state index in [1.54, 1.807) is 18.2 Å². The van der Waals surface area contributed by atoms with Crippen LogP contribution in [0.25, 0.3) is 22.9 Å². The van der Waals surface area contributed by atoms with Gasteiger partial charge in [-0.05, 0) is 40.8 Å². The number of esters is 1. The standard InChI is InChI=1S/C21H10F6O2/c22-20(23,24)14-8-13(9-15(10-14)21(25,26)27)19(28)29-17-7-6-12-5-4-11-2-1-3-16(17)18(11)12/h1-10H. The Balaban J connectivity index is 1.76. The van der Waals surface area contributed by atoms with E-state index < -0.39 is 35.0 Å². The molecular formula is C21H10F6O2. The number of carbonyl (C=O) groups is 1. The van der Waals surface area contributed by atoms with Gasteiger partial charge < -0.3 is 4.74 Å². The lowest BCUT2D eigenvalue weighted by atomic mass is 10.0. The van der Waals surface area contributed by atoms with Gasteiger partial charge in [0.05, 0.1) is 16.7 Å². The topological polar surface area (TPSA) is 26.3 Å². The zero-order chi connectivity index (χ0) is 21.0. The molecule has 0 aromatic heterocycles. The molecule has 0 atom stereocenters. The summed E-state index contributed by atoms with van der Waals surface area (Å²) < 4.78 is 83.2. The lowest BCUT2D eigenvalue weighted by Crippen LogP contribution is -2.16. The van der Waals surface area contributed by atoms with Gasteiger partial charge in [0, 0.05) is 5.39 Å². The molecule has 4 rings (SSSR count). The first-order valence-electron chi connectivity index (χ1n) is 8.29. The highest BCUT2D eigenvalue weighted by Crippen LogP contribution is 2.38. The molecule has 1 aliphatic rings. The van der Waals surface area contributed by atoms with Gasteiger partial charge in [-0.3, -0.25) is 0 Å². The van der Waals surface area contributed by atoms with Crippen LogP contribution in [0.4, 0.5) is 26.3 Å². The summed E-state index contributed by atoms with van der Waals surface area (Å²) in [6, 6.07) is 8.97. The number of rotatable bonds is 2. The predicted octanol–water partition coefficient (Wildman–Crippen LogP) is 6.58. The fourth-order valence-electron chi connectivity index (χ4n) is 3.21. The highest BCUT2D eigenvalue weighted by atomic mass is 19.4. The SMILES string of the molecule is O=C(Oc1ccc2c3c(cccc13)C=C2)c1cc(C(F)(F)F)cc(C(F)(F)F)c1. The van der Waals surface area contributed by atoms with Gasteiger partial charge in [0.2, 0.25) is 0 Å². The van der Waals surface area contributed by atoms with E-state index in [1.165, 1.54) is 6.07 Å². The number of halogens is 6. The van der Waals surface area contributed by atoms with E-state index >= 15 is 0 Å². The first kappa shape index (κ1) is 19.0. The Bertz CT molecular complexity index is 1130. The largest absolute Gasteiger partial charge is 0.422 e. The molecule has 29 heavy (non-hydrogen) atoms. The van der Waals surface area contributed by atoms with E-state index in [0.717, 1.165) is 16.5 Å². The van der Waals surface area contributed by atoms with Crippen LogP contribution in [0, 0.1) is 0 Å². The van der Waals surface area contributed by atoms with Gasteiger partial charge in [0.15, 0.2) is 0 Å². The maximum absolute atomic E-state index is 13.0.